The molecule has 0 atom stereocenters. The zero-order valence-electron chi connectivity index (χ0n) is 8.86. The molecule has 2 rings (SSSR count). The van der Waals surface area contributed by atoms with Crippen LogP contribution in [0.1, 0.15) is 29.3 Å². The minimum Gasteiger partial charge on any atom is -0.478 e. The van der Waals surface area contributed by atoms with Gasteiger partial charge in [-0.3, -0.25) is 0 Å². The van der Waals surface area contributed by atoms with Crippen LogP contribution in [-0.2, 0) is 6.42 Å². The molecule has 0 saturated carbocycles. The van der Waals surface area contributed by atoms with Gasteiger partial charge >= 0.3 is 5.97 Å². The average Bonchev–Trinajstić information content (AvgIpc) is 2.27. The number of rotatable bonds is 2. The fraction of sp³-hybridized carbons (Fsp3) is 0.417. The number of hydrogen-bond donors (Lipinski definition) is 1. The molecular formula is C12H15NO2. The van der Waals surface area contributed by atoms with E-state index in [1.165, 1.54) is 0 Å². The number of carbonyl (C=O) groups is 1. The Morgan fingerprint density at radius 3 is 3.00 bits per heavy atom. The summed E-state index contributed by atoms with van der Waals surface area (Å²) in [5.74, 6) is -0.815. The van der Waals surface area contributed by atoms with Gasteiger partial charge in [-0.15, -0.1) is 0 Å². The molecule has 3 nitrogen and oxygen atoms in total. The highest BCUT2D eigenvalue weighted by atomic mass is 16.4. The first kappa shape index (κ1) is 10.0. The summed E-state index contributed by atoms with van der Waals surface area (Å²) in [4.78, 5) is 13.3. The van der Waals surface area contributed by atoms with E-state index in [4.69, 9.17) is 5.11 Å². The Balaban J connectivity index is 2.50. The van der Waals surface area contributed by atoms with E-state index in [1.807, 2.05) is 12.1 Å². The van der Waals surface area contributed by atoms with Gasteiger partial charge in [0.2, 0.25) is 0 Å². The summed E-state index contributed by atoms with van der Waals surface area (Å²) >= 11 is 0. The first-order valence-corrected chi connectivity index (χ1v) is 5.34. The Morgan fingerprint density at radius 2 is 2.33 bits per heavy atom. The topological polar surface area (TPSA) is 40.5 Å². The first-order valence-electron chi connectivity index (χ1n) is 5.34. The van der Waals surface area contributed by atoms with Gasteiger partial charge in [0.1, 0.15) is 0 Å². The second kappa shape index (κ2) is 3.93. The molecule has 80 valence electrons. The van der Waals surface area contributed by atoms with Gasteiger partial charge < -0.3 is 10.0 Å². The predicted molar refractivity (Wildman–Crippen MR) is 59.6 cm³/mol. The predicted octanol–water partition coefficient (Wildman–Crippen LogP) is 2.16. The van der Waals surface area contributed by atoms with Gasteiger partial charge in [0.05, 0.1) is 5.56 Å². The smallest absolute Gasteiger partial charge is 0.336 e. The van der Waals surface area contributed by atoms with E-state index < -0.39 is 5.97 Å². The lowest BCUT2D eigenvalue weighted by atomic mass is 9.96. The minimum atomic E-state index is -0.815. The van der Waals surface area contributed by atoms with Crippen LogP contribution < -0.4 is 4.90 Å². The Labute approximate surface area is 89.3 Å². The van der Waals surface area contributed by atoms with Crippen molar-refractivity contribution in [1.82, 2.24) is 0 Å². The van der Waals surface area contributed by atoms with E-state index in [1.54, 1.807) is 6.07 Å². The van der Waals surface area contributed by atoms with Gasteiger partial charge in [-0.05, 0) is 37.5 Å². The van der Waals surface area contributed by atoms with Gasteiger partial charge in [0.25, 0.3) is 0 Å². The quantitative estimate of drug-likeness (QED) is 0.804. The fourth-order valence-corrected chi connectivity index (χ4v) is 2.23. The monoisotopic (exact) mass is 205 g/mol. The van der Waals surface area contributed by atoms with Crippen molar-refractivity contribution in [3.05, 3.63) is 29.3 Å². The zero-order chi connectivity index (χ0) is 10.8. The maximum atomic E-state index is 11.0. The molecule has 1 aromatic rings. The molecule has 1 aliphatic heterocycles. The molecule has 0 aliphatic carbocycles. The Kier molecular flexibility index (Phi) is 2.62. The Morgan fingerprint density at radius 1 is 1.53 bits per heavy atom. The molecule has 0 unspecified atom stereocenters. The highest BCUT2D eigenvalue weighted by Gasteiger charge is 2.20. The van der Waals surface area contributed by atoms with Crippen molar-refractivity contribution >= 4 is 11.7 Å². The van der Waals surface area contributed by atoms with Crippen molar-refractivity contribution in [2.75, 3.05) is 18.0 Å². The Hall–Kier alpha value is -1.51. The number of anilines is 1. The number of benzene rings is 1. The van der Waals surface area contributed by atoms with Crippen molar-refractivity contribution in [3.8, 4) is 0 Å². The average molecular weight is 205 g/mol. The highest BCUT2D eigenvalue weighted by molar-refractivity contribution is 5.91. The van der Waals surface area contributed by atoms with E-state index in [0.29, 0.717) is 5.56 Å². The molecule has 1 heterocycles. The van der Waals surface area contributed by atoms with E-state index >= 15 is 0 Å². The van der Waals surface area contributed by atoms with Crippen LogP contribution in [0.15, 0.2) is 18.2 Å². The third-order valence-corrected chi connectivity index (χ3v) is 2.96. The lowest BCUT2D eigenvalue weighted by Gasteiger charge is -2.30. The lowest BCUT2D eigenvalue weighted by molar-refractivity contribution is 0.0695. The molecule has 1 aromatic carbocycles. The van der Waals surface area contributed by atoms with Gasteiger partial charge in [-0.25, -0.2) is 4.79 Å². The maximum absolute atomic E-state index is 11.0. The van der Waals surface area contributed by atoms with Crippen LogP contribution in [0.25, 0.3) is 0 Å². The van der Waals surface area contributed by atoms with Crippen LogP contribution in [0.4, 0.5) is 5.69 Å². The summed E-state index contributed by atoms with van der Waals surface area (Å²) in [7, 11) is 0. The van der Waals surface area contributed by atoms with Gasteiger partial charge in [-0.2, -0.15) is 0 Å². The van der Waals surface area contributed by atoms with Crippen LogP contribution in [0.3, 0.4) is 0 Å². The minimum absolute atomic E-state index is 0.464. The highest BCUT2D eigenvalue weighted by Crippen LogP contribution is 2.29. The van der Waals surface area contributed by atoms with Crippen LogP contribution in [0.5, 0.6) is 0 Å². The lowest BCUT2D eigenvalue weighted by Crippen LogP contribution is -2.29. The van der Waals surface area contributed by atoms with Crippen molar-refractivity contribution in [1.29, 1.82) is 0 Å². The fourth-order valence-electron chi connectivity index (χ4n) is 2.23. The summed E-state index contributed by atoms with van der Waals surface area (Å²) in [6.45, 7) is 4.07. The third kappa shape index (κ3) is 1.69. The van der Waals surface area contributed by atoms with Crippen molar-refractivity contribution in [2.45, 2.75) is 19.8 Å². The molecule has 1 N–H and O–H groups in total. The van der Waals surface area contributed by atoms with Crippen molar-refractivity contribution in [2.24, 2.45) is 0 Å². The van der Waals surface area contributed by atoms with Crippen LogP contribution in [0, 0.1) is 0 Å². The van der Waals surface area contributed by atoms with E-state index in [-0.39, 0.29) is 0 Å². The molecule has 0 bridgehead atoms. The summed E-state index contributed by atoms with van der Waals surface area (Å²) in [6, 6.07) is 5.54. The SMILES string of the molecule is CCN1CCCc2c(C(=O)O)cccc21. The summed E-state index contributed by atoms with van der Waals surface area (Å²) < 4.78 is 0. The molecule has 0 saturated heterocycles. The van der Waals surface area contributed by atoms with E-state index in [9.17, 15) is 4.79 Å². The number of aromatic carboxylic acids is 1. The maximum Gasteiger partial charge on any atom is 0.336 e. The first-order chi connectivity index (χ1) is 7.24. The summed E-state index contributed by atoms with van der Waals surface area (Å²) in [6.07, 6.45) is 1.93. The zero-order valence-corrected chi connectivity index (χ0v) is 8.86. The molecule has 0 radical (unpaired) electrons. The number of fused-ring (bicyclic) bond motifs is 1. The largest absolute Gasteiger partial charge is 0.478 e. The molecular weight excluding hydrogens is 190 g/mol. The molecule has 0 amide bonds. The second-order valence-corrected chi connectivity index (χ2v) is 3.79. The standard InChI is InChI=1S/C12H15NO2/c1-2-13-8-4-6-9-10(12(14)15)5-3-7-11(9)13/h3,5,7H,2,4,6,8H2,1H3,(H,14,15). The molecule has 15 heavy (non-hydrogen) atoms. The van der Waals surface area contributed by atoms with Gasteiger partial charge in [0, 0.05) is 18.8 Å². The molecule has 0 fully saturated rings. The molecule has 0 aromatic heterocycles. The summed E-state index contributed by atoms with van der Waals surface area (Å²) in [5.41, 5.74) is 2.56. The van der Waals surface area contributed by atoms with Gasteiger partial charge in [-0.1, -0.05) is 6.07 Å². The molecule has 0 spiro atoms. The normalized spacial score (nSPS) is 14.9. The van der Waals surface area contributed by atoms with Crippen molar-refractivity contribution in [3.63, 3.8) is 0 Å². The van der Waals surface area contributed by atoms with E-state index in [0.717, 1.165) is 37.2 Å². The van der Waals surface area contributed by atoms with E-state index in [2.05, 4.69) is 11.8 Å². The van der Waals surface area contributed by atoms with Crippen LogP contribution >= 0.6 is 0 Å². The van der Waals surface area contributed by atoms with Crippen LogP contribution in [0.2, 0.25) is 0 Å². The second-order valence-electron chi connectivity index (χ2n) is 3.79. The number of carboxylic acids is 1. The number of hydrogen-bond acceptors (Lipinski definition) is 2. The third-order valence-electron chi connectivity index (χ3n) is 2.96. The molecule has 3 heteroatoms. The van der Waals surface area contributed by atoms with Crippen LogP contribution in [-0.4, -0.2) is 24.2 Å². The number of carboxylic acid groups (broad SMARTS) is 1. The number of nitrogens with zero attached hydrogens (tertiary/aromatic N) is 1. The Bertz CT molecular complexity index is 387. The molecule has 1 aliphatic rings. The van der Waals surface area contributed by atoms with Crippen molar-refractivity contribution < 1.29 is 9.90 Å². The van der Waals surface area contributed by atoms with Gasteiger partial charge in [0.15, 0.2) is 0 Å². The summed E-state index contributed by atoms with van der Waals surface area (Å²) in [5, 5.41) is 9.08.